The smallest absolute Gasteiger partial charge is 0.294 e. The summed E-state index contributed by atoms with van der Waals surface area (Å²) in [5.41, 5.74) is 3.39. The van der Waals surface area contributed by atoms with Crippen LogP contribution in [0, 0.1) is 0 Å². The number of furan rings is 1. The van der Waals surface area contributed by atoms with Gasteiger partial charge in [-0.2, -0.15) is 0 Å². The van der Waals surface area contributed by atoms with Gasteiger partial charge in [-0.1, -0.05) is 54.6 Å². The minimum atomic E-state index is -1.23. The number of amides is 7. The second kappa shape index (κ2) is 18.2. The number of rotatable bonds is 16. The lowest BCUT2D eigenvalue weighted by Gasteiger charge is -2.30. The SMILES string of the molecule is O=C(CNC(=O)[C@@H](c1cccnc1)N(C(=O)c1ccco1)c1ccc(-c2ccccc2)cc1)NCCOCCNc1cccc2c1C(=O)N(C1CCC(=O)NC1=O)C2=O. The van der Waals surface area contributed by atoms with E-state index in [1.54, 1.807) is 48.7 Å². The number of pyridine rings is 1. The second-order valence-corrected chi connectivity index (χ2v) is 13.5. The summed E-state index contributed by atoms with van der Waals surface area (Å²) < 4.78 is 11.1. The Morgan fingerprint density at radius 2 is 1.63 bits per heavy atom. The van der Waals surface area contributed by atoms with Gasteiger partial charge < -0.3 is 25.1 Å². The first kappa shape index (κ1) is 39.8. The van der Waals surface area contributed by atoms with Gasteiger partial charge in [-0.15, -0.1) is 0 Å². The molecule has 16 nitrogen and oxygen atoms in total. The van der Waals surface area contributed by atoms with Crippen molar-refractivity contribution in [3.63, 3.8) is 0 Å². The zero-order valence-electron chi connectivity index (χ0n) is 31.6. The van der Waals surface area contributed by atoms with Crippen molar-refractivity contribution in [2.24, 2.45) is 0 Å². The van der Waals surface area contributed by atoms with E-state index in [0.717, 1.165) is 16.0 Å². The molecule has 0 spiro atoms. The summed E-state index contributed by atoms with van der Waals surface area (Å²) in [6.45, 7) is 0.269. The Hall–Kier alpha value is -7.46. The van der Waals surface area contributed by atoms with Crippen molar-refractivity contribution in [3.8, 4) is 11.1 Å². The van der Waals surface area contributed by atoms with E-state index >= 15 is 0 Å². The predicted molar refractivity (Wildman–Crippen MR) is 213 cm³/mol. The number of hydrogen-bond acceptors (Lipinski definition) is 11. The van der Waals surface area contributed by atoms with Crippen LogP contribution in [-0.4, -0.2) is 90.1 Å². The van der Waals surface area contributed by atoms with Crippen LogP contribution in [0.5, 0.6) is 0 Å². The van der Waals surface area contributed by atoms with Gasteiger partial charge in [0, 0.05) is 48.8 Å². The third-order valence-corrected chi connectivity index (χ3v) is 9.73. The first-order chi connectivity index (χ1) is 28.7. The van der Waals surface area contributed by atoms with E-state index in [0.29, 0.717) is 16.9 Å². The summed E-state index contributed by atoms with van der Waals surface area (Å²) in [4.78, 5) is 97.6. The van der Waals surface area contributed by atoms with Gasteiger partial charge in [0.05, 0.1) is 37.1 Å². The fraction of sp³-hybridized carbons (Fsp3) is 0.209. The maximum Gasteiger partial charge on any atom is 0.294 e. The lowest BCUT2D eigenvalue weighted by atomic mass is 10.0. The molecule has 0 radical (unpaired) electrons. The third kappa shape index (κ3) is 8.92. The number of anilines is 2. The van der Waals surface area contributed by atoms with E-state index in [9.17, 15) is 33.6 Å². The summed E-state index contributed by atoms with van der Waals surface area (Å²) >= 11 is 0. The molecular weight excluding hydrogens is 759 g/mol. The molecule has 0 aliphatic carbocycles. The molecule has 7 amide bonds. The predicted octanol–water partition coefficient (Wildman–Crippen LogP) is 3.49. The molecule has 59 heavy (non-hydrogen) atoms. The van der Waals surface area contributed by atoms with Crippen molar-refractivity contribution in [1.29, 1.82) is 0 Å². The molecule has 2 aromatic heterocycles. The summed E-state index contributed by atoms with van der Waals surface area (Å²) in [6, 6.07) is 25.8. The van der Waals surface area contributed by atoms with Crippen LogP contribution in [-0.2, 0) is 23.9 Å². The van der Waals surface area contributed by atoms with Crippen LogP contribution < -0.4 is 26.2 Å². The monoisotopic (exact) mass is 797 g/mol. The summed E-state index contributed by atoms with van der Waals surface area (Å²) in [5, 5.41) is 10.6. The van der Waals surface area contributed by atoms with Gasteiger partial charge in [0.1, 0.15) is 12.1 Å². The van der Waals surface area contributed by atoms with Crippen LogP contribution in [0.15, 0.2) is 120 Å². The van der Waals surface area contributed by atoms with Gasteiger partial charge in [0.25, 0.3) is 17.7 Å². The molecule has 0 bridgehead atoms. The van der Waals surface area contributed by atoms with Gasteiger partial charge in [-0.25, -0.2) is 0 Å². The van der Waals surface area contributed by atoms with Gasteiger partial charge in [-0.3, -0.25) is 53.7 Å². The minimum Gasteiger partial charge on any atom is -0.459 e. The molecule has 0 saturated carbocycles. The normalized spacial score (nSPS) is 15.3. The van der Waals surface area contributed by atoms with Crippen molar-refractivity contribution in [1.82, 2.24) is 25.8 Å². The lowest BCUT2D eigenvalue weighted by Crippen LogP contribution is -2.54. The standard InChI is InChI=1S/C43H39N7O9/c51-35-18-17-33(39(53)48-35)50-41(55)31-10-4-11-32(37(31)43(50)57)45-20-23-58-24-21-46-36(52)26-47-40(54)38(29-9-5-19-44-25-29)49(42(56)34-12-6-22-59-34)30-15-13-28(14-16-30)27-7-2-1-3-8-27/h1-16,19,22,25,33,38,45H,17-18,20-21,23-24,26H2,(H,46,52)(H,47,54)(H,48,51,53)/t33?,38-/m1/s1. The van der Waals surface area contributed by atoms with E-state index in [-0.39, 0.29) is 56.0 Å². The summed E-state index contributed by atoms with van der Waals surface area (Å²) in [6.07, 6.45) is 4.47. The molecule has 2 aliphatic rings. The minimum absolute atomic E-state index is 0.0134. The topological polar surface area (TPSA) is 209 Å². The number of carbonyl (C=O) groups is 7. The highest BCUT2D eigenvalue weighted by Crippen LogP contribution is 2.33. The maximum atomic E-state index is 14.0. The molecule has 1 saturated heterocycles. The lowest BCUT2D eigenvalue weighted by molar-refractivity contribution is -0.136. The fourth-order valence-corrected chi connectivity index (χ4v) is 6.91. The van der Waals surface area contributed by atoms with Crippen molar-refractivity contribution >= 4 is 52.7 Å². The third-order valence-electron chi connectivity index (χ3n) is 9.73. The van der Waals surface area contributed by atoms with E-state index in [4.69, 9.17) is 9.15 Å². The fourth-order valence-electron chi connectivity index (χ4n) is 6.91. The van der Waals surface area contributed by atoms with E-state index in [1.165, 1.54) is 29.5 Å². The number of fused-ring (bicyclic) bond motifs is 1. The van der Waals surface area contributed by atoms with Crippen molar-refractivity contribution < 1.29 is 42.7 Å². The Kier molecular flexibility index (Phi) is 12.3. The number of nitrogens with one attached hydrogen (secondary N) is 4. The zero-order valence-corrected chi connectivity index (χ0v) is 31.6. The average molecular weight is 798 g/mol. The van der Waals surface area contributed by atoms with Gasteiger partial charge in [-0.05, 0) is 60.0 Å². The van der Waals surface area contributed by atoms with Crippen LogP contribution in [0.2, 0.25) is 0 Å². The van der Waals surface area contributed by atoms with Crippen molar-refractivity contribution in [2.45, 2.75) is 24.9 Å². The van der Waals surface area contributed by atoms with Crippen LogP contribution in [0.1, 0.15) is 55.7 Å². The second-order valence-electron chi connectivity index (χ2n) is 13.5. The summed E-state index contributed by atoms with van der Waals surface area (Å²) in [7, 11) is 0. The Morgan fingerprint density at radius 1 is 0.847 bits per heavy atom. The Morgan fingerprint density at radius 3 is 2.36 bits per heavy atom. The Balaban J connectivity index is 0.922. The number of carbonyl (C=O) groups excluding carboxylic acids is 7. The average Bonchev–Trinajstić information content (AvgIpc) is 3.89. The molecule has 16 heteroatoms. The van der Waals surface area contributed by atoms with E-state index < -0.39 is 60.0 Å². The van der Waals surface area contributed by atoms with E-state index in [2.05, 4.69) is 26.3 Å². The summed E-state index contributed by atoms with van der Waals surface area (Å²) in [5.74, 6) is -4.06. The highest BCUT2D eigenvalue weighted by molar-refractivity contribution is 6.25. The number of hydrogen-bond donors (Lipinski definition) is 4. The quantitative estimate of drug-likeness (QED) is 0.0839. The van der Waals surface area contributed by atoms with Gasteiger partial charge >= 0.3 is 0 Å². The number of imide groups is 2. The number of aromatic nitrogens is 1. The molecule has 1 fully saturated rings. The Labute approximate surface area is 337 Å². The molecule has 7 rings (SSSR count). The number of nitrogens with zero attached hydrogens (tertiary/aromatic N) is 3. The van der Waals surface area contributed by atoms with Gasteiger partial charge in [0.2, 0.25) is 23.6 Å². The molecule has 2 atom stereocenters. The van der Waals surface area contributed by atoms with Gasteiger partial charge in [0.15, 0.2) is 5.76 Å². The van der Waals surface area contributed by atoms with Crippen LogP contribution >= 0.6 is 0 Å². The largest absolute Gasteiger partial charge is 0.459 e. The molecule has 1 unspecified atom stereocenters. The molecule has 3 aromatic carbocycles. The molecule has 4 N–H and O–H groups in total. The van der Waals surface area contributed by atoms with Crippen LogP contribution in [0.25, 0.3) is 11.1 Å². The zero-order chi connectivity index (χ0) is 41.3. The number of benzene rings is 3. The van der Waals surface area contributed by atoms with E-state index in [1.807, 2.05) is 42.5 Å². The molecule has 5 aromatic rings. The number of piperidine rings is 1. The first-order valence-electron chi connectivity index (χ1n) is 18.8. The maximum absolute atomic E-state index is 14.0. The Bertz CT molecular complexity index is 2350. The van der Waals surface area contributed by atoms with Crippen LogP contribution in [0.3, 0.4) is 0 Å². The molecule has 300 valence electrons. The number of ether oxygens (including phenoxy) is 1. The highest BCUT2D eigenvalue weighted by atomic mass is 16.5. The van der Waals surface area contributed by atoms with Crippen molar-refractivity contribution in [3.05, 3.63) is 138 Å². The van der Waals surface area contributed by atoms with Crippen LogP contribution in [0.4, 0.5) is 11.4 Å². The van der Waals surface area contributed by atoms with Crippen molar-refractivity contribution in [2.75, 3.05) is 43.1 Å². The molecule has 4 heterocycles. The highest BCUT2D eigenvalue weighted by Gasteiger charge is 2.45. The first-order valence-corrected chi connectivity index (χ1v) is 18.8. The molecule has 2 aliphatic heterocycles. The molecular formula is C43H39N7O9.